The summed E-state index contributed by atoms with van der Waals surface area (Å²) in [5.74, 6) is 0.357. The number of aliphatic hydroxyl groups is 1. The van der Waals surface area contributed by atoms with Crippen molar-refractivity contribution in [2.75, 3.05) is 6.54 Å². The van der Waals surface area contributed by atoms with E-state index in [1.165, 1.54) is 4.31 Å². The number of aliphatic hydroxyl groups excluding tert-OH is 1. The summed E-state index contributed by atoms with van der Waals surface area (Å²) in [6, 6.07) is -0.0120. The second-order valence-electron chi connectivity index (χ2n) is 5.39. The minimum absolute atomic E-state index is 0.0120. The summed E-state index contributed by atoms with van der Waals surface area (Å²) in [7, 11) is -3.59. The number of nitrogens with one attached hydrogen (secondary N) is 1. The van der Waals surface area contributed by atoms with Crippen LogP contribution in [0.5, 0.6) is 0 Å². The second kappa shape index (κ2) is 5.22. The highest BCUT2D eigenvalue weighted by Gasteiger charge is 2.36. The molecule has 0 saturated carbocycles. The van der Waals surface area contributed by atoms with E-state index in [0.29, 0.717) is 18.2 Å². The number of sulfonamides is 1. The van der Waals surface area contributed by atoms with Crippen LogP contribution in [0.3, 0.4) is 0 Å². The molecule has 1 aliphatic rings. The van der Waals surface area contributed by atoms with Gasteiger partial charge in [-0.25, -0.2) is 8.42 Å². The smallest absolute Gasteiger partial charge is 0.247 e. The Morgan fingerprint density at radius 2 is 2.11 bits per heavy atom. The minimum Gasteiger partial charge on any atom is -0.390 e. The summed E-state index contributed by atoms with van der Waals surface area (Å²) in [6.07, 6.45) is 1.91. The number of aromatic amines is 1. The van der Waals surface area contributed by atoms with Crippen molar-refractivity contribution in [1.82, 2.24) is 14.5 Å². The zero-order chi connectivity index (χ0) is 14.2. The first-order valence-corrected chi connectivity index (χ1v) is 7.98. The lowest BCUT2D eigenvalue weighted by Gasteiger charge is -2.35. The molecule has 0 radical (unpaired) electrons. The third kappa shape index (κ3) is 2.54. The number of hydrogen-bond donors (Lipinski definition) is 2. The molecule has 1 aliphatic heterocycles. The van der Waals surface area contributed by atoms with Gasteiger partial charge in [-0.05, 0) is 32.6 Å². The van der Waals surface area contributed by atoms with Gasteiger partial charge in [0.15, 0.2) is 0 Å². The Morgan fingerprint density at radius 3 is 2.74 bits per heavy atom. The maximum atomic E-state index is 12.8. The van der Waals surface area contributed by atoms with Gasteiger partial charge in [-0.3, -0.25) is 5.10 Å². The van der Waals surface area contributed by atoms with Crippen LogP contribution in [0.4, 0.5) is 0 Å². The lowest BCUT2D eigenvalue weighted by atomic mass is 9.97. The molecule has 2 atom stereocenters. The first-order valence-electron chi connectivity index (χ1n) is 6.54. The van der Waals surface area contributed by atoms with Crippen molar-refractivity contribution < 1.29 is 13.5 Å². The average Bonchev–Trinajstić information content (AvgIpc) is 2.74. The van der Waals surface area contributed by atoms with E-state index in [9.17, 15) is 13.5 Å². The van der Waals surface area contributed by atoms with Crippen molar-refractivity contribution in [3.05, 3.63) is 11.4 Å². The van der Waals surface area contributed by atoms with Gasteiger partial charge in [0.25, 0.3) is 0 Å². The van der Waals surface area contributed by atoms with E-state index in [1.807, 2.05) is 6.92 Å². The van der Waals surface area contributed by atoms with Crippen molar-refractivity contribution in [1.29, 1.82) is 0 Å². The van der Waals surface area contributed by atoms with E-state index in [-0.39, 0.29) is 23.2 Å². The predicted octanol–water partition coefficient (Wildman–Crippen LogP) is 1.02. The minimum atomic E-state index is -3.59. The van der Waals surface area contributed by atoms with E-state index in [1.54, 1.807) is 6.92 Å². The molecule has 2 unspecified atom stereocenters. The van der Waals surface area contributed by atoms with E-state index < -0.39 is 10.0 Å². The summed E-state index contributed by atoms with van der Waals surface area (Å²) in [5, 5.41) is 15.7. The molecular weight excluding hydrogens is 266 g/mol. The molecular formula is C12H21N3O3S. The van der Waals surface area contributed by atoms with Gasteiger partial charge in [0.05, 0.1) is 12.3 Å². The Balaban J connectivity index is 2.44. The number of aryl methyl sites for hydroxylation is 1. The molecule has 2 rings (SSSR count). The van der Waals surface area contributed by atoms with E-state index >= 15 is 0 Å². The van der Waals surface area contributed by atoms with Crippen LogP contribution in [0.1, 0.15) is 38.1 Å². The standard InChI is InChI=1S/C12H21N3O3S/c1-8-4-5-9(2)15(6-8)19(17,18)12-10(3)13-14-11(12)7-16/h8-9,16H,4-7H2,1-3H3,(H,13,14). The summed E-state index contributed by atoms with van der Waals surface area (Å²) in [6.45, 7) is 5.80. The van der Waals surface area contributed by atoms with Crippen molar-refractivity contribution in [3.8, 4) is 0 Å². The number of rotatable bonds is 3. The van der Waals surface area contributed by atoms with Gasteiger partial charge >= 0.3 is 0 Å². The molecule has 2 heterocycles. The average molecular weight is 287 g/mol. The van der Waals surface area contributed by atoms with E-state index in [4.69, 9.17) is 0 Å². The van der Waals surface area contributed by atoms with Gasteiger partial charge in [0.1, 0.15) is 10.6 Å². The zero-order valence-electron chi connectivity index (χ0n) is 11.5. The maximum absolute atomic E-state index is 12.8. The molecule has 1 saturated heterocycles. The summed E-state index contributed by atoms with van der Waals surface area (Å²) >= 11 is 0. The quantitative estimate of drug-likeness (QED) is 0.869. The summed E-state index contributed by atoms with van der Waals surface area (Å²) in [5.41, 5.74) is 0.678. The molecule has 2 N–H and O–H groups in total. The molecule has 108 valence electrons. The van der Waals surface area contributed by atoms with Crippen molar-refractivity contribution in [3.63, 3.8) is 0 Å². The normalized spacial score (nSPS) is 25.7. The van der Waals surface area contributed by atoms with Crippen LogP contribution in [0, 0.1) is 12.8 Å². The Bertz CT molecular complexity index is 553. The zero-order valence-corrected chi connectivity index (χ0v) is 12.4. The lowest BCUT2D eigenvalue weighted by Crippen LogP contribution is -2.45. The monoisotopic (exact) mass is 287 g/mol. The van der Waals surface area contributed by atoms with Gasteiger partial charge in [-0.1, -0.05) is 6.92 Å². The molecule has 7 heteroatoms. The highest BCUT2D eigenvalue weighted by Crippen LogP contribution is 2.30. The third-order valence-electron chi connectivity index (χ3n) is 3.74. The van der Waals surface area contributed by atoms with Gasteiger partial charge in [-0.2, -0.15) is 9.40 Å². The molecule has 0 aromatic carbocycles. The van der Waals surface area contributed by atoms with Crippen LogP contribution < -0.4 is 0 Å². The first kappa shape index (κ1) is 14.5. The number of piperidine rings is 1. The number of aromatic nitrogens is 2. The molecule has 0 amide bonds. The summed E-state index contributed by atoms with van der Waals surface area (Å²) in [4.78, 5) is 0.135. The van der Waals surface area contributed by atoms with E-state index in [2.05, 4.69) is 17.1 Å². The molecule has 0 aliphatic carbocycles. The van der Waals surface area contributed by atoms with Crippen LogP contribution in [0.15, 0.2) is 4.90 Å². The third-order valence-corrected chi connectivity index (χ3v) is 5.92. The fourth-order valence-electron chi connectivity index (χ4n) is 2.62. The fourth-order valence-corrected chi connectivity index (χ4v) is 4.72. The molecule has 1 aromatic rings. The number of H-pyrrole nitrogens is 1. The highest BCUT2D eigenvalue weighted by molar-refractivity contribution is 7.89. The lowest BCUT2D eigenvalue weighted by molar-refractivity contribution is 0.217. The Labute approximate surface area is 113 Å². The van der Waals surface area contributed by atoms with Crippen molar-refractivity contribution in [2.45, 2.75) is 51.2 Å². The molecule has 0 spiro atoms. The molecule has 6 nitrogen and oxygen atoms in total. The molecule has 0 bridgehead atoms. The van der Waals surface area contributed by atoms with Crippen molar-refractivity contribution >= 4 is 10.0 Å². The van der Waals surface area contributed by atoms with Crippen LogP contribution in [-0.2, 0) is 16.6 Å². The SMILES string of the molecule is Cc1[nH]nc(CO)c1S(=O)(=O)N1CC(C)CCC1C. The predicted molar refractivity (Wildman–Crippen MR) is 71.0 cm³/mol. The second-order valence-corrected chi connectivity index (χ2v) is 7.22. The molecule has 19 heavy (non-hydrogen) atoms. The molecule has 1 aromatic heterocycles. The van der Waals surface area contributed by atoms with Crippen LogP contribution >= 0.6 is 0 Å². The van der Waals surface area contributed by atoms with Gasteiger partial charge in [0.2, 0.25) is 10.0 Å². The maximum Gasteiger partial charge on any atom is 0.247 e. The number of hydrogen-bond acceptors (Lipinski definition) is 4. The van der Waals surface area contributed by atoms with Gasteiger partial charge < -0.3 is 5.11 Å². The Hall–Kier alpha value is -0.920. The van der Waals surface area contributed by atoms with Crippen molar-refractivity contribution in [2.24, 2.45) is 5.92 Å². The Kier molecular flexibility index (Phi) is 3.98. The first-order chi connectivity index (χ1) is 8.87. The fraction of sp³-hybridized carbons (Fsp3) is 0.750. The van der Waals surface area contributed by atoms with E-state index in [0.717, 1.165) is 12.8 Å². The highest BCUT2D eigenvalue weighted by atomic mass is 32.2. The van der Waals surface area contributed by atoms with Crippen LogP contribution in [0.25, 0.3) is 0 Å². The van der Waals surface area contributed by atoms with Gasteiger partial charge in [0, 0.05) is 12.6 Å². The molecule has 1 fully saturated rings. The summed E-state index contributed by atoms with van der Waals surface area (Å²) < 4.78 is 27.1. The van der Waals surface area contributed by atoms with Crippen LogP contribution in [0.2, 0.25) is 0 Å². The largest absolute Gasteiger partial charge is 0.390 e. The Morgan fingerprint density at radius 1 is 1.42 bits per heavy atom. The number of nitrogens with zero attached hydrogens (tertiary/aromatic N) is 2. The van der Waals surface area contributed by atoms with Gasteiger partial charge in [-0.15, -0.1) is 0 Å². The van der Waals surface area contributed by atoms with Crippen LogP contribution in [-0.4, -0.2) is 40.6 Å². The topological polar surface area (TPSA) is 86.3 Å².